The van der Waals surface area contributed by atoms with E-state index in [-0.39, 0.29) is 140 Å². The van der Waals surface area contributed by atoms with Gasteiger partial charge in [0.25, 0.3) is 0 Å². The van der Waals surface area contributed by atoms with Crippen LogP contribution in [-0.2, 0) is 71.7 Å². The summed E-state index contributed by atoms with van der Waals surface area (Å²) in [5.74, 6) is -8.19. The molecular formula is C56H96N4O19. The van der Waals surface area contributed by atoms with Gasteiger partial charge in [-0.1, -0.05) is 90.4 Å². The fourth-order valence-electron chi connectivity index (χ4n) is 8.39. The number of rotatable bonds is 57. The molecule has 23 heteroatoms. The summed E-state index contributed by atoms with van der Waals surface area (Å²) >= 11 is 0. The Hall–Kier alpha value is -5.39. The Bertz CT molecular complexity index is 1780. The molecule has 0 spiro atoms. The van der Waals surface area contributed by atoms with Crippen molar-refractivity contribution in [1.29, 1.82) is 0 Å². The molecule has 8 N–H and O–H groups in total. The summed E-state index contributed by atoms with van der Waals surface area (Å²) in [6, 6.07) is -2.51. The second kappa shape index (κ2) is 49.6. The van der Waals surface area contributed by atoms with Crippen molar-refractivity contribution in [2.75, 3.05) is 65.9 Å². The number of hydrogen-bond acceptors (Lipinski definition) is 15. The smallest absolute Gasteiger partial charge is 0.326 e. The topological polar surface area (TPSA) is 354 Å². The van der Waals surface area contributed by atoms with Crippen LogP contribution in [0.5, 0.6) is 0 Å². The normalized spacial score (nSPS) is 12.6. The van der Waals surface area contributed by atoms with Gasteiger partial charge in [-0.15, -0.1) is 0 Å². The highest BCUT2D eigenvalue weighted by molar-refractivity contribution is 5.87. The number of carboxylic acid groups (broad SMARTS) is 4. The van der Waals surface area contributed by atoms with Gasteiger partial charge < -0.3 is 60.6 Å². The van der Waals surface area contributed by atoms with Crippen LogP contribution in [-0.4, -0.2) is 163 Å². The molecule has 0 aliphatic carbocycles. The zero-order valence-corrected chi connectivity index (χ0v) is 47.3. The van der Waals surface area contributed by atoms with Crippen LogP contribution in [0.3, 0.4) is 0 Å². The van der Waals surface area contributed by atoms with E-state index in [9.17, 15) is 68.1 Å². The molecule has 0 aromatic rings. The molecule has 0 saturated heterocycles. The van der Waals surface area contributed by atoms with Crippen LogP contribution >= 0.6 is 0 Å². The lowest BCUT2D eigenvalue weighted by molar-refractivity contribution is -0.145. The summed E-state index contributed by atoms with van der Waals surface area (Å²) in [6.07, 6.45) is 17.5. The monoisotopic (exact) mass is 1130 g/mol. The maximum atomic E-state index is 12.5. The number of unbranched alkanes of at least 4 members (excludes halogenated alkanes) is 14. The molecule has 23 nitrogen and oxygen atoms in total. The van der Waals surface area contributed by atoms with Crippen molar-refractivity contribution in [1.82, 2.24) is 21.3 Å². The molecule has 0 rings (SSSR count). The number of ketones is 3. The third-order valence-electron chi connectivity index (χ3n) is 13.1. The van der Waals surface area contributed by atoms with Gasteiger partial charge in [-0.25, -0.2) is 9.59 Å². The van der Waals surface area contributed by atoms with E-state index in [1.807, 2.05) is 6.92 Å². The van der Waals surface area contributed by atoms with Gasteiger partial charge in [-0.05, 0) is 64.7 Å². The first-order valence-corrected chi connectivity index (χ1v) is 28.7. The van der Waals surface area contributed by atoms with E-state index in [2.05, 4.69) is 21.3 Å². The number of nitrogens with one attached hydrogen (secondary N) is 4. The van der Waals surface area contributed by atoms with Crippen molar-refractivity contribution < 1.29 is 92.1 Å². The molecule has 4 atom stereocenters. The summed E-state index contributed by atoms with van der Waals surface area (Å²) in [7, 11) is 0. The van der Waals surface area contributed by atoms with Gasteiger partial charge in [0.2, 0.25) is 23.6 Å². The van der Waals surface area contributed by atoms with Crippen LogP contribution in [0.4, 0.5) is 0 Å². The summed E-state index contributed by atoms with van der Waals surface area (Å²) < 4.78 is 21.4. The molecule has 4 amide bonds. The minimum Gasteiger partial charge on any atom is -0.481 e. The molecule has 0 unspecified atom stereocenters. The minimum atomic E-state index is -1.37. The lowest BCUT2D eigenvalue weighted by Gasteiger charge is -2.16. The van der Waals surface area contributed by atoms with Crippen LogP contribution in [0.15, 0.2) is 0 Å². The molecule has 0 radical (unpaired) electrons. The van der Waals surface area contributed by atoms with Crippen molar-refractivity contribution in [3.63, 3.8) is 0 Å². The third-order valence-corrected chi connectivity index (χ3v) is 13.1. The van der Waals surface area contributed by atoms with Gasteiger partial charge in [0.05, 0.1) is 39.0 Å². The predicted octanol–water partition coefficient (Wildman–Crippen LogP) is 5.89. The van der Waals surface area contributed by atoms with E-state index >= 15 is 0 Å². The number of carbonyl (C=O) groups excluding carboxylic acids is 7. The van der Waals surface area contributed by atoms with Crippen molar-refractivity contribution in [3.05, 3.63) is 0 Å². The third kappa shape index (κ3) is 46.1. The maximum absolute atomic E-state index is 12.5. The standard InChI is InChI=1S/C56H96N4O19/c1-3-43(42(2)61)21-18-19-31-57-49(64)30-28-48(56(74)75)60-51(66)29-25-44(54(70)71)39-46(63)40-78-37-36-77-34-32-58-52(67)41-79-38-35-76-33-20-22-45(62)26-27-47(55(72)73)59-50(65)23-16-14-12-10-8-6-4-5-7-9-11-13-15-17-24-53(68)69/h43-44,47-48H,3-41H2,1-2H3,(H,57,64)(H,58,67)(H,59,65)(H,60,66)(H,68,69)(H,70,71)(H,72,73)(H,74,75)/t43-,44+,47-,48-/m0/s1. The quantitative estimate of drug-likeness (QED) is 0.0329. The highest BCUT2D eigenvalue weighted by atomic mass is 16.5. The molecule has 0 fully saturated rings. The Morgan fingerprint density at radius 3 is 1.39 bits per heavy atom. The highest BCUT2D eigenvalue weighted by Crippen LogP contribution is 2.16. The molecule has 0 heterocycles. The Labute approximate surface area is 466 Å². The van der Waals surface area contributed by atoms with Gasteiger partial charge >= 0.3 is 23.9 Å². The summed E-state index contributed by atoms with van der Waals surface area (Å²) in [6.45, 7) is 4.18. The van der Waals surface area contributed by atoms with Crippen LogP contribution in [0.1, 0.15) is 200 Å². The molecule has 0 saturated carbocycles. The molecule has 0 aromatic carbocycles. The second-order valence-corrected chi connectivity index (χ2v) is 20.0. The molecular weight excluding hydrogens is 1030 g/mol. The van der Waals surface area contributed by atoms with Gasteiger partial charge in [0.15, 0.2) is 5.78 Å². The number of carbonyl (C=O) groups is 11. The first-order valence-electron chi connectivity index (χ1n) is 28.7. The summed E-state index contributed by atoms with van der Waals surface area (Å²) in [5, 5.41) is 47.5. The first kappa shape index (κ1) is 73.6. The van der Waals surface area contributed by atoms with Crippen molar-refractivity contribution >= 4 is 64.9 Å². The van der Waals surface area contributed by atoms with E-state index in [1.54, 1.807) is 6.92 Å². The van der Waals surface area contributed by atoms with Crippen molar-refractivity contribution in [2.45, 2.75) is 212 Å². The van der Waals surface area contributed by atoms with Crippen LogP contribution in [0.2, 0.25) is 0 Å². The number of amides is 4. The molecule has 0 aromatic heterocycles. The zero-order chi connectivity index (χ0) is 58.9. The zero-order valence-electron chi connectivity index (χ0n) is 47.3. The highest BCUT2D eigenvalue weighted by Gasteiger charge is 2.26. The molecule has 454 valence electrons. The van der Waals surface area contributed by atoms with Gasteiger partial charge in [-0.3, -0.25) is 43.2 Å². The Balaban J connectivity index is 3.97. The SMILES string of the molecule is CC[C@@H](CCCCNC(=O)CC[C@H](NC(=O)CC[C@H](CC(=O)COCCOCCNC(=O)COCCOCCCC(=O)CC[C@H](NC(=O)CCCCCCCCCCCCCCCCC(=O)O)C(=O)O)C(=O)O)C(=O)O)C(C)=O. The van der Waals surface area contributed by atoms with Gasteiger partial charge in [-0.2, -0.15) is 0 Å². The van der Waals surface area contributed by atoms with E-state index in [4.69, 9.17) is 24.1 Å². The summed E-state index contributed by atoms with van der Waals surface area (Å²) in [5.41, 5.74) is 0. The van der Waals surface area contributed by atoms with Crippen LogP contribution < -0.4 is 21.3 Å². The number of Topliss-reactive ketones (excluding diaryl/α,β-unsaturated/α-hetero) is 3. The van der Waals surface area contributed by atoms with E-state index in [0.29, 0.717) is 25.8 Å². The van der Waals surface area contributed by atoms with Gasteiger partial charge in [0.1, 0.15) is 36.9 Å². The second-order valence-electron chi connectivity index (χ2n) is 20.0. The van der Waals surface area contributed by atoms with E-state index < -0.39 is 72.5 Å². The van der Waals surface area contributed by atoms with Crippen LogP contribution in [0, 0.1) is 11.8 Å². The van der Waals surface area contributed by atoms with Crippen molar-refractivity contribution in [3.8, 4) is 0 Å². The molecule has 79 heavy (non-hydrogen) atoms. The Morgan fingerprint density at radius 2 is 0.861 bits per heavy atom. The number of aliphatic carboxylic acids is 4. The fraction of sp³-hybridized carbons (Fsp3) is 0.804. The fourth-order valence-corrected chi connectivity index (χ4v) is 8.39. The molecule has 0 aliphatic rings. The van der Waals surface area contributed by atoms with Crippen molar-refractivity contribution in [2.24, 2.45) is 11.8 Å². The minimum absolute atomic E-state index is 0.000761. The van der Waals surface area contributed by atoms with E-state index in [1.165, 1.54) is 32.1 Å². The predicted molar refractivity (Wildman–Crippen MR) is 291 cm³/mol. The lowest BCUT2D eigenvalue weighted by Crippen LogP contribution is -2.42. The Morgan fingerprint density at radius 1 is 0.380 bits per heavy atom. The first-order chi connectivity index (χ1) is 37.9. The molecule has 0 bridgehead atoms. The maximum Gasteiger partial charge on any atom is 0.326 e. The summed E-state index contributed by atoms with van der Waals surface area (Å²) in [4.78, 5) is 131. The van der Waals surface area contributed by atoms with Crippen LogP contribution in [0.25, 0.3) is 0 Å². The Kier molecular flexibility index (Phi) is 46.3. The largest absolute Gasteiger partial charge is 0.481 e. The average Bonchev–Trinajstić information content (AvgIpc) is 3.39. The number of carboxylic acids is 4. The van der Waals surface area contributed by atoms with Gasteiger partial charge in [0, 0.05) is 70.6 Å². The van der Waals surface area contributed by atoms with E-state index in [0.717, 1.165) is 70.6 Å². The number of hydrogen-bond donors (Lipinski definition) is 8. The number of ether oxygens (including phenoxy) is 4. The molecule has 0 aliphatic heterocycles. The average molecular weight is 1130 g/mol. The lowest BCUT2D eigenvalue weighted by atomic mass is 9.95.